The first-order valence-electron chi connectivity index (χ1n) is 8.64. The quantitative estimate of drug-likeness (QED) is 0.889. The highest BCUT2D eigenvalue weighted by atomic mass is 16.3. The van der Waals surface area contributed by atoms with Gasteiger partial charge in [-0.05, 0) is 24.6 Å². The maximum Gasteiger partial charge on any atom is 0.175 e. The average molecular weight is 345 g/mol. The first kappa shape index (κ1) is 16.3. The van der Waals surface area contributed by atoms with Gasteiger partial charge in [0.1, 0.15) is 5.76 Å². The minimum absolute atomic E-state index is 0.0521. The number of hydrogen-bond donors (Lipinski definition) is 2. The van der Waals surface area contributed by atoms with Crippen molar-refractivity contribution in [2.45, 2.75) is 13.5 Å². The van der Waals surface area contributed by atoms with E-state index in [4.69, 9.17) is 0 Å². The lowest BCUT2D eigenvalue weighted by molar-refractivity contribution is 0.0743. The van der Waals surface area contributed by atoms with Crippen LogP contribution in [-0.4, -0.2) is 16.7 Å². The number of nitrogens with one attached hydrogen (secondary N) is 1. The molecule has 2 aliphatic rings. The highest BCUT2D eigenvalue weighted by molar-refractivity contribution is 6.17. The number of aliphatic hydroxyl groups excluding tert-OH is 1. The summed E-state index contributed by atoms with van der Waals surface area (Å²) in [6.45, 7) is 2.58. The summed E-state index contributed by atoms with van der Waals surface area (Å²) in [5.74, 6) is -1.94. The van der Waals surface area contributed by atoms with Crippen molar-refractivity contribution in [2.75, 3.05) is 0 Å². The number of aryl methyl sites for hydroxylation is 1. The highest BCUT2D eigenvalue weighted by Gasteiger charge is 2.46. The van der Waals surface area contributed by atoms with E-state index in [1.165, 1.54) is 11.6 Å². The number of ketones is 2. The Morgan fingerprint density at radius 1 is 0.885 bits per heavy atom. The number of fused-ring (bicyclic) bond motifs is 2. The molecule has 26 heavy (non-hydrogen) atoms. The number of allylic oxidation sites excluding steroid dienone is 4. The molecule has 0 radical (unpaired) electrons. The van der Waals surface area contributed by atoms with Crippen LogP contribution in [0.3, 0.4) is 0 Å². The summed E-state index contributed by atoms with van der Waals surface area (Å²) in [6, 6.07) is 14.9. The molecule has 0 fully saturated rings. The van der Waals surface area contributed by atoms with Crippen LogP contribution in [0.25, 0.3) is 0 Å². The summed E-state index contributed by atoms with van der Waals surface area (Å²) in [6.07, 6.45) is 3.21. The van der Waals surface area contributed by atoms with Crippen LogP contribution in [0.4, 0.5) is 0 Å². The molecule has 4 rings (SSSR count). The van der Waals surface area contributed by atoms with Gasteiger partial charge < -0.3 is 10.4 Å². The normalized spacial score (nSPS) is 21.4. The van der Waals surface area contributed by atoms with E-state index in [1.54, 1.807) is 30.3 Å². The van der Waals surface area contributed by atoms with Crippen molar-refractivity contribution < 1.29 is 14.7 Å². The standard InChI is InChI=1S/C22H19NO3/c1-13-6-8-14(9-7-13)12-23-17-10-11-18(24)20-19(17)21(25)15-4-2-3-5-16(15)22(20)26/h2-11,19-20,23-24H,12H2,1H3. The second kappa shape index (κ2) is 6.30. The molecule has 0 saturated heterocycles. The largest absolute Gasteiger partial charge is 0.512 e. The molecule has 0 bridgehead atoms. The monoisotopic (exact) mass is 345 g/mol. The molecule has 2 aromatic carbocycles. The van der Waals surface area contributed by atoms with Crippen molar-refractivity contribution in [2.24, 2.45) is 11.8 Å². The zero-order valence-corrected chi connectivity index (χ0v) is 14.4. The van der Waals surface area contributed by atoms with Gasteiger partial charge in [-0.25, -0.2) is 0 Å². The Hall–Kier alpha value is -3.14. The van der Waals surface area contributed by atoms with E-state index >= 15 is 0 Å². The van der Waals surface area contributed by atoms with Crippen molar-refractivity contribution in [3.05, 3.63) is 94.4 Å². The van der Waals surface area contributed by atoms with Crippen LogP contribution < -0.4 is 5.32 Å². The Bertz CT molecular complexity index is 954. The molecule has 2 aliphatic carbocycles. The number of hydrogen-bond acceptors (Lipinski definition) is 4. The highest BCUT2D eigenvalue weighted by Crippen LogP contribution is 2.39. The number of rotatable bonds is 3. The molecule has 4 heteroatoms. The van der Waals surface area contributed by atoms with Gasteiger partial charge in [0.15, 0.2) is 11.6 Å². The zero-order chi connectivity index (χ0) is 18.3. The number of carbonyl (C=O) groups is 2. The van der Waals surface area contributed by atoms with Gasteiger partial charge in [-0.1, -0.05) is 54.1 Å². The van der Waals surface area contributed by atoms with Crippen LogP contribution in [0.1, 0.15) is 31.8 Å². The summed E-state index contributed by atoms with van der Waals surface area (Å²) < 4.78 is 0. The molecular weight excluding hydrogens is 326 g/mol. The Morgan fingerprint density at radius 2 is 1.50 bits per heavy atom. The first-order valence-corrected chi connectivity index (χ1v) is 8.64. The van der Waals surface area contributed by atoms with Crippen molar-refractivity contribution >= 4 is 11.6 Å². The molecule has 2 aromatic rings. The molecule has 0 aromatic heterocycles. The minimum Gasteiger partial charge on any atom is -0.512 e. The molecule has 2 unspecified atom stereocenters. The molecule has 0 amide bonds. The molecule has 0 spiro atoms. The van der Waals surface area contributed by atoms with Crippen molar-refractivity contribution in [1.82, 2.24) is 5.32 Å². The first-order chi connectivity index (χ1) is 12.6. The van der Waals surface area contributed by atoms with Gasteiger partial charge in [0.05, 0.1) is 11.8 Å². The summed E-state index contributed by atoms with van der Waals surface area (Å²) in [5, 5.41) is 13.6. The fourth-order valence-electron chi connectivity index (χ4n) is 3.64. The molecule has 2 atom stereocenters. The van der Waals surface area contributed by atoms with Crippen molar-refractivity contribution in [3.63, 3.8) is 0 Å². The average Bonchev–Trinajstić information content (AvgIpc) is 2.66. The smallest absolute Gasteiger partial charge is 0.175 e. The van der Waals surface area contributed by atoms with Gasteiger partial charge in [-0.15, -0.1) is 0 Å². The van der Waals surface area contributed by atoms with Gasteiger partial charge in [0.2, 0.25) is 0 Å². The van der Waals surface area contributed by atoms with Crippen LogP contribution in [0.5, 0.6) is 0 Å². The summed E-state index contributed by atoms with van der Waals surface area (Å²) in [5.41, 5.74) is 3.75. The van der Waals surface area contributed by atoms with E-state index in [0.717, 1.165) is 5.56 Å². The maximum absolute atomic E-state index is 13.0. The van der Waals surface area contributed by atoms with E-state index in [0.29, 0.717) is 23.4 Å². The second-order valence-corrected chi connectivity index (χ2v) is 6.78. The second-order valence-electron chi connectivity index (χ2n) is 6.78. The summed E-state index contributed by atoms with van der Waals surface area (Å²) in [7, 11) is 0. The van der Waals surface area contributed by atoms with Gasteiger partial charge in [0, 0.05) is 23.4 Å². The molecule has 0 saturated carbocycles. The lowest BCUT2D eigenvalue weighted by Crippen LogP contribution is -2.42. The predicted octanol–water partition coefficient (Wildman–Crippen LogP) is 3.74. The van der Waals surface area contributed by atoms with Gasteiger partial charge in [-0.3, -0.25) is 9.59 Å². The SMILES string of the molecule is Cc1ccc(CNC2=CC=C(O)C3C(=O)c4ccccc4C(=O)C23)cc1. The van der Waals surface area contributed by atoms with E-state index in [-0.39, 0.29) is 17.3 Å². The van der Waals surface area contributed by atoms with E-state index in [1.807, 2.05) is 31.2 Å². The van der Waals surface area contributed by atoms with Gasteiger partial charge in [0.25, 0.3) is 0 Å². The third-order valence-electron chi connectivity index (χ3n) is 5.06. The summed E-state index contributed by atoms with van der Waals surface area (Å²) >= 11 is 0. The molecular formula is C22H19NO3. The minimum atomic E-state index is -0.845. The third kappa shape index (κ3) is 2.64. The van der Waals surface area contributed by atoms with Crippen molar-refractivity contribution in [1.29, 1.82) is 0 Å². The van der Waals surface area contributed by atoms with Crippen LogP contribution in [-0.2, 0) is 6.54 Å². The van der Waals surface area contributed by atoms with E-state index in [9.17, 15) is 14.7 Å². The fourth-order valence-corrected chi connectivity index (χ4v) is 3.64. The Labute approximate surface area is 151 Å². The van der Waals surface area contributed by atoms with Crippen LogP contribution >= 0.6 is 0 Å². The van der Waals surface area contributed by atoms with Gasteiger partial charge in [-0.2, -0.15) is 0 Å². The fraction of sp³-hybridized carbons (Fsp3) is 0.182. The molecule has 2 N–H and O–H groups in total. The Kier molecular flexibility index (Phi) is 3.96. The molecule has 0 heterocycles. The molecule has 4 nitrogen and oxygen atoms in total. The Balaban J connectivity index is 1.66. The summed E-state index contributed by atoms with van der Waals surface area (Å²) in [4.78, 5) is 25.9. The predicted molar refractivity (Wildman–Crippen MR) is 98.9 cm³/mol. The van der Waals surface area contributed by atoms with E-state index < -0.39 is 11.8 Å². The topological polar surface area (TPSA) is 66.4 Å². The lowest BCUT2D eigenvalue weighted by Gasteiger charge is -2.34. The van der Waals surface area contributed by atoms with E-state index in [2.05, 4.69) is 5.32 Å². The van der Waals surface area contributed by atoms with Crippen LogP contribution in [0.2, 0.25) is 0 Å². The number of Topliss-reactive ketones (excluding diaryl/α,β-unsaturated/α-hetero) is 2. The maximum atomic E-state index is 13.0. The zero-order valence-electron chi connectivity index (χ0n) is 14.4. The third-order valence-corrected chi connectivity index (χ3v) is 5.06. The van der Waals surface area contributed by atoms with Gasteiger partial charge >= 0.3 is 0 Å². The Morgan fingerprint density at radius 3 is 2.15 bits per heavy atom. The molecule has 130 valence electrons. The molecule has 0 aliphatic heterocycles. The van der Waals surface area contributed by atoms with Crippen LogP contribution in [0.15, 0.2) is 72.1 Å². The number of aliphatic hydroxyl groups is 1. The number of benzene rings is 2. The lowest BCUT2D eigenvalue weighted by atomic mass is 9.70. The van der Waals surface area contributed by atoms with Crippen LogP contribution in [0, 0.1) is 18.8 Å². The van der Waals surface area contributed by atoms with Crippen molar-refractivity contribution in [3.8, 4) is 0 Å². The number of carbonyl (C=O) groups excluding carboxylic acids is 2.